The van der Waals surface area contributed by atoms with Gasteiger partial charge in [0.2, 0.25) is 0 Å². The molecule has 3 aromatic rings. The van der Waals surface area contributed by atoms with Crippen molar-refractivity contribution in [3.63, 3.8) is 0 Å². The van der Waals surface area contributed by atoms with E-state index in [1.807, 2.05) is 44.2 Å². The topological polar surface area (TPSA) is 66.5 Å². The predicted octanol–water partition coefficient (Wildman–Crippen LogP) is 4.32. The second-order valence-corrected chi connectivity index (χ2v) is 10.6. The van der Waals surface area contributed by atoms with Gasteiger partial charge < -0.3 is 5.32 Å². The van der Waals surface area contributed by atoms with Crippen LogP contribution >= 0.6 is 11.3 Å². The number of sulfonamides is 1. The zero-order valence-electron chi connectivity index (χ0n) is 16.6. The molecule has 152 valence electrons. The fraction of sp³-hybridized carbons (Fsp3) is 0.227. The molecule has 7 heteroatoms. The number of carbonyl (C=O) groups is 1. The summed E-state index contributed by atoms with van der Waals surface area (Å²) >= 11 is 1.17. The van der Waals surface area contributed by atoms with E-state index in [0.717, 1.165) is 5.56 Å². The minimum Gasteiger partial charge on any atom is -0.347 e. The van der Waals surface area contributed by atoms with Crippen molar-refractivity contribution in [2.45, 2.75) is 30.0 Å². The van der Waals surface area contributed by atoms with Gasteiger partial charge in [0, 0.05) is 18.2 Å². The second-order valence-electron chi connectivity index (χ2n) is 7.45. The first-order valence-corrected chi connectivity index (χ1v) is 11.5. The summed E-state index contributed by atoms with van der Waals surface area (Å²) in [5.41, 5.74) is 1.71. The van der Waals surface area contributed by atoms with E-state index in [-0.39, 0.29) is 10.1 Å². The lowest BCUT2D eigenvalue weighted by atomic mass is 9.94. The van der Waals surface area contributed by atoms with Gasteiger partial charge in [0.1, 0.15) is 4.21 Å². The van der Waals surface area contributed by atoms with E-state index in [4.69, 9.17) is 0 Å². The quantitative estimate of drug-likeness (QED) is 0.609. The van der Waals surface area contributed by atoms with Crippen LogP contribution in [0.2, 0.25) is 0 Å². The van der Waals surface area contributed by atoms with Crippen molar-refractivity contribution >= 4 is 33.0 Å². The number of nitrogens with zero attached hydrogens (tertiary/aromatic N) is 1. The number of hydrogen-bond acceptors (Lipinski definition) is 4. The summed E-state index contributed by atoms with van der Waals surface area (Å²) in [5.74, 6) is -0.193. The van der Waals surface area contributed by atoms with Crippen molar-refractivity contribution in [3.05, 3.63) is 83.2 Å². The van der Waals surface area contributed by atoms with Crippen LogP contribution in [-0.4, -0.2) is 26.9 Å². The molecule has 1 N–H and O–H groups in total. The zero-order chi connectivity index (χ0) is 21.1. The van der Waals surface area contributed by atoms with Gasteiger partial charge in [-0.1, -0.05) is 36.4 Å². The van der Waals surface area contributed by atoms with E-state index in [2.05, 4.69) is 5.32 Å². The van der Waals surface area contributed by atoms with Gasteiger partial charge in [-0.2, -0.15) is 0 Å². The lowest BCUT2D eigenvalue weighted by Crippen LogP contribution is -2.45. The van der Waals surface area contributed by atoms with E-state index in [9.17, 15) is 13.2 Å². The second kappa shape index (κ2) is 8.39. The number of carbonyl (C=O) groups excluding carboxylic acids is 1. The number of nitrogens with one attached hydrogen (secondary N) is 1. The van der Waals surface area contributed by atoms with Gasteiger partial charge in [-0.15, -0.1) is 11.3 Å². The Morgan fingerprint density at radius 3 is 2.24 bits per heavy atom. The fourth-order valence-corrected chi connectivity index (χ4v) is 5.39. The SMILES string of the molecule is CN(c1ccc(C(=O)NC(C)(C)Cc2ccccc2)cc1)S(=O)(=O)c1cccs1. The van der Waals surface area contributed by atoms with Crippen LogP contribution in [0, 0.1) is 0 Å². The molecule has 29 heavy (non-hydrogen) atoms. The first kappa shape index (κ1) is 21.1. The van der Waals surface area contributed by atoms with Crippen LogP contribution in [-0.2, 0) is 16.4 Å². The summed E-state index contributed by atoms with van der Waals surface area (Å²) < 4.78 is 26.8. The lowest BCUT2D eigenvalue weighted by molar-refractivity contribution is 0.0913. The molecule has 0 fully saturated rings. The summed E-state index contributed by atoms with van der Waals surface area (Å²) in [7, 11) is -2.09. The molecule has 1 aromatic heterocycles. The smallest absolute Gasteiger partial charge is 0.273 e. The van der Waals surface area contributed by atoms with E-state index in [1.165, 1.54) is 22.7 Å². The van der Waals surface area contributed by atoms with E-state index >= 15 is 0 Å². The third-order valence-corrected chi connectivity index (χ3v) is 7.70. The molecule has 0 bridgehead atoms. The third kappa shape index (κ3) is 5.05. The average molecular weight is 429 g/mol. The van der Waals surface area contributed by atoms with Crippen LogP contribution in [0.15, 0.2) is 76.3 Å². The zero-order valence-corrected chi connectivity index (χ0v) is 18.3. The van der Waals surface area contributed by atoms with Crippen LogP contribution in [0.1, 0.15) is 29.8 Å². The Labute approximate surface area is 176 Å². The molecule has 0 aliphatic carbocycles. The molecule has 0 aliphatic rings. The van der Waals surface area contributed by atoms with Crippen molar-refractivity contribution in [1.82, 2.24) is 5.32 Å². The van der Waals surface area contributed by atoms with Crippen LogP contribution in [0.25, 0.3) is 0 Å². The molecule has 1 heterocycles. The fourth-order valence-electron chi connectivity index (χ4n) is 3.04. The number of rotatable bonds is 7. The molecular formula is C22H24N2O3S2. The van der Waals surface area contributed by atoms with Gasteiger partial charge in [-0.25, -0.2) is 8.42 Å². The third-order valence-electron chi connectivity index (χ3n) is 4.54. The number of anilines is 1. The Bertz CT molecular complexity index is 1060. The lowest BCUT2D eigenvalue weighted by Gasteiger charge is -2.26. The summed E-state index contributed by atoms with van der Waals surface area (Å²) in [6, 6.07) is 19.8. The summed E-state index contributed by atoms with van der Waals surface area (Å²) in [6.45, 7) is 3.96. The van der Waals surface area contributed by atoms with E-state index < -0.39 is 15.6 Å². The molecule has 3 rings (SSSR count). The largest absolute Gasteiger partial charge is 0.347 e. The van der Waals surface area contributed by atoms with Gasteiger partial charge >= 0.3 is 0 Å². The highest BCUT2D eigenvalue weighted by molar-refractivity contribution is 7.94. The molecule has 0 atom stereocenters. The highest BCUT2D eigenvalue weighted by Crippen LogP contribution is 2.25. The number of thiophene rings is 1. The molecule has 5 nitrogen and oxygen atoms in total. The Kier molecular flexibility index (Phi) is 6.10. The monoisotopic (exact) mass is 428 g/mol. The molecule has 0 spiro atoms. The Morgan fingerprint density at radius 2 is 1.66 bits per heavy atom. The van der Waals surface area contributed by atoms with Crippen molar-refractivity contribution in [2.24, 2.45) is 0 Å². The maximum Gasteiger partial charge on any atom is 0.273 e. The summed E-state index contributed by atoms with van der Waals surface area (Å²) in [5, 5.41) is 4.78. The normalized spacial score (nSPS) is 11.8. The van der Waals surface area contributed by atoms with Crippen molar-refractivity contribution in [3.8, 4) is 0 Å². The Balaban J connectivity index is 1.70. The van der Waals surface area contributed by atoms with Crippen molar-refractivity contribution < 1.29 is 13.2 Å². The maximum absolute atomic E-state index is 12.7. The molecule has 1 amide bonds. The van der Waals surface area contributed by atoms with Gasteiger partial charge in [0.15, 0.2) is 0 Å². The first-order valence-electron chi connectivity index (χ1n) is 9.18. The maximum atomic E-state index is 12.7. The van der Waals surface area contributed by atoms with Crippen LogP contribution in [0.4, 0.5) is 5.69 Å². The first-order chi connectivity index (χ1) is 13.7. The molecular weight excluding hydrogens is 404 g/mol. The molecule has 0 aliphatic heterocycles. The minimum atomic E-state index is -3.59. The Morgan fingerprint density at radius 1 is 1.00 bits per heavy atom. The summed E-state index contributed by atoms with van der Waals surface area (Å²) in [4.78, 5) is 12.7. The predicted molar refractivity (Wildman–Crippen MR) is 118 cm³/mol. The highest BCUT2D eigenvalue weighted by Gasteiger charge is 2.24. The van der Waals surface area contributed by atoms with Crippen LogP contribution < -0.4 is 9.62 Å². The van der Waals surface area contributed by atoms with Gasteiger partial charge in [-0.3, -0.25) is 9.10 Å². The Hall–Kier alpha value is -2.64. The molecule has 0 unspecified atom stereocenters. The van der Waals surface area contributed by atoms with Crippen LogP contribution in [0.5, 0.6) is 0 Å². The van der Waals surface area contributed by atoms with Gasteiger partial charge in [0.05, 0.1) is 5.69 Å². The average Bonchev–Trinajstić information content (AvgIpc) is 3.23. The standard InChI is InChI=1S/C22H24N2O3S2/c1-22(2,16-17-8-5-4-6-9-17)23-21(25)18-11-13-19(14-12-18)24(3)29(26,27)20-10-7-15-28-20/h4-15H,16H2,1-3H3,(H,23,25). The molecule has 0 radical (unpaired) electrons. The minimum absolute atomic E-state index is 0.193. The molecule has 0 saturated heterocycles. The molecule has 0 saturated carbocycles. The summed E-state index contributed by atoms with van der Waals surface area (Å²) in [6.07, 6.45) is 0.708. The highest BCUT2D eigenvalue weighted by atomic mass is 32.2. The van der Waals surface area contributed by atoms with Crippen LogP contribution in [0.3, 0.4) is 0 Å². The number of amides is 1. The van der Waals surface area contributed by atoms with Gasteiger partial charge in [-0.05, 0) is 61.5 Å². The molecule has 2 aromatic carbocycles. The van der Waals surface area contributed by atoms with E-state index in [0.29, 0.717) is 17.7 Å². The van der Waals surface area contributed by atoms with E-state index in [1.54, 1.807) is 41.8 Å². The van der Waals surface area contributed by atoms with Crippen molar-refractivity contribution in [2.75, 3.05) is 11.4 Å². The number of benzene rings is 2. The van der Waals surface area contributed by atoms with Crippen molar-refractivity contribution in [1.29, 1.82) is 0 Å². The van der Waals surface area contributed by atoms with Gasteiger partial charge in [0.25, 0.3) is 15.9 Å². The number of hydrogen-bond donors (Lipinski definition) is 1.